The first-order valence-corrected chi connectivity index (χ1v) is 12.4. The minimum absolute atomic E-state index is 0.149. The molecule has 0 aliphatic rings. The van der Waals surface area contributed by atoms with Crippen LogP contribution in [0.5, 0.6) is 0 Å². The van der Waals surface area contributed by atoms with Gasteiger partial charge in [-0.05, 0) is 43.7 Å². The summed E-state index contributed by atoms with van der Waals surface area (Å²) in [5, 5.41) is 2.68. The molecular weight excluding hydrogens is 419 g/mol. The minimum atomic E-state index is -3.94. The topological polar surface area (TPSA) is 101 Å². The summed E-state index contributed by atoms with van der Waals surface area (Å²) in [6.07, 6.45) is 1.99. The zero-order valence-corrected chi connectivity index (χ0v) is 18.1. The number of para-hydroxylation sites is 1. The van der Waals surface area contributed by atoms with Crippen LogP contribution in [0.1, 0.15) is 25.5 Å². The van der Waals surface area contributed by atoms with Crippen molar-refractivity contribution in [2.75, 3.05) is 16.8 Å². The third-order valence-electron chi connectivity index (χ3n) is 4.35. The molecule has 1 N–H and O–H groups in total. The zero-order valence-electron chi connectivity index (χ0n) is 16.5. The maximum absolute atomic E-state index is 14.2. The van der Waals surface area contributed by atoms with E-state index in [0.29, 0.717) is 5.56 Å². The highest BCUT2D eigenvalue weighted by atomic mass is 32.2. The van der Waals surface area contributed by atoms with Crippen LogP contribution < -0.4 is 9.62 Å². The van der Waals surface area contributed by atoms with Crippen molar-refractivity contribution in [1.29, 1.82) is 0 Å². The van der Waals surface area contributed by atoms with Gasteiger partial charge in [-0.2, -0.15) is 0 Å². The Bertz CT molecular complexity index is 1100. The summed E-state index contributed by atoms with van der Waals surface area (Å²) in [7, 11) is -7.28. The second-order valence-electron chi connectivity index (χ2n) is 6.76. The smallest absolute Gasteiger partial charge is 0.244 e. The molecule has 0 fully saturated rings. The predicted molar refractivity (Wildman–Crippen MR) is 109 cm³/mol. The van der Waals surface area contributed by atoms with E-state index in [1.54, 1.807) is 19.1 Å². The maximum atomic E-state index is 14.2. The number of rotatable bonds is 7. The minimum Gasteiger partial charge on any atom is -0.348 e. The predicted octanol–water partition coefficient (Wildman–Crippen LogP) is 2.26. The van der Waals surface area contributed by atoms with Crippen LogP contribution in [0.4, 0.5) is 10.1 Å². The Balaban J connectivity index is 2.24. The standard InChI is InChI=1S/C19H23FN2O5S2/c1-13(15-9-11-16(12-10-15)28(3,24)25)21-19(23)14(2)22(29(4,26)27)18-8-6-5-7-17(18)20/h5-14H,1-4H3,(H,21,23)/t13-,14+/m0/s1. The van der Waals surface area contributed by atoms with Gasteiger partial charge in [0.2, 0.25) is 15.9 Å². The van der Waals surface area contributed by atoms with Crippen molar-refractivity contribution in [3.05, 3.63) is 59.9 Å². The Labute approximate surface area is 170 Å². The molecule has 0 aromatic heterocycles. The van der Waals surface area contributed by atoms with E-state index in [9.17, 15) is 26.0 Å². The van der Waals surface area contributed by atoms with Crippen molar-refractivity contribution in [2.45, 2.75) is 30.8 Å². The average Bonchev–Trinajstić information content (AvgIpc) is 2.61. The van der Waals surface area contributed by atoms with Crippen molar-refractivity contribution in [1.82, 2.24) is 5.32 Å². The molecule has 0 heterocycles. The summed E-state index contributed by atoms with van der Waals surface area (Å²) in [5.41, 5.74) is 0.414. The van der Waals surface area contributed by atoms with Crippen molar-refractivity contribution in [3.8, 4) is 0 Å². The zero-order chi connectivity index (χ0) is 22.0. The average molecular weight is 443 g/mol. The quantitative estimate of drug-likeness (QED) is 0.709. The van der Waals surface area contributed by atoms with Crippen LogP contribution in [-0.4, -0.2) is 41.3 Å². The van der Waals surface area contributed by atoms with E-state index in [2.05, 4.69) is 5.32 Å². The highest BCUT2D eigenvalue weighted by Crippen LogP contribution is 2.24. The van der Waals surface area contributed by atoms with Gasteiger partial charge in [-0.1, -0.05) is 24.3 Å². The Hall–Kier alpha value is -2.46. The van der Waals surface area contributed by atoms with Gasteiger partial charge >= 0.3 is 0 Å². The van der Waals surface area contributed by atoms with Gasteiger partial charge < -0.3 is 5.32 Å². The van der Waals surface area contributed by atoms with Crippen LogP contribution in [0.25, 0.3) is 0 Å². The third kappa shape index (κ3) is 5.54. The number of halogens is 1. The third-order valence-corrected chi connectivity index (χ3v) is 6.70. The molecule has 0 unspecified atom stereocenters. The first-order valence-electron chi connectivity index (χ1n) is 8.66. The highest BCUT2D eigenvalue weighted by Gasteiger charge is 2.31. The Kier molecular flexibility index (Phi) is 6.69. The summed E-state index contributed by atoms with van der Waals surface area (Å²) >= 11 is 0. The second kappa shape index (κ2) is 8.50. The van der Waals surface area contributed by atoms with Crippen molar-refractivity contribution in [2.24, 2.45) is 0 Å². The number of sulfonamides is 1. The number of hydrogen-bond acceptors (Lipinski definition) is 5. The molecule has 10 heteroatoms. The number of hydrogen-bond donors (Lipinski definition) is 1. The normalized spacial score (nSPS) is 14.1. The molecular formula is C19H23FN2O5S2. The van der Waals surface area contributed by atoms with Crippen LogP contribution >= 0.6 is 0 Å². The molecule has 2 rings (SSSR count). The summed E-state index contributed by atoms with van der Waals surface area (Å²) in [5.74, 6) is -1.39. The fraction of sp³-hybridized carbons (Fsp3) is 0.316. The SMILES string of the molecule is C[C@H](NC(=O)[C@@H](C)N(c1ccccc1F)S(C)(=O)=O)c1ccc(S(C)(=O)=O)cc1. The van der Waals surface area contributed by atoms with E-state index in [0.717, 1.165) is 22.9 Å². The van der Waals surface area contributed by atoms with Gasteiger partial charge in [-0.15, -0.1) is 0 Å². The lowest BCUT2D eigenvalue weighted by Crippen LogP contribution is -2.48. The molecule has 0 aliphatic heterocycles. The lowest BCUT2D eigenvalue weighted by Gasteiger charge is -2.29. The van der Waals surface area contributed by atoms with Crippen molar-refractivity contribution < 1.29 is 26.0 Å². The Morgan fingerprint density at radius 3 is 2.00 bits per heavy atom. The van der Waals surface area contributed by atoms with E-state index < -0.39 is 43.7 Å². The second-order valence-corrected chi connectivity index (χ2v) is 10.6. The molecule has 29 heavy (non-hydrogen) atoms. The molecule has 0 radical (unpaired) electrons. The molecule has 2 aromatic carbocycles. The Morgan fingerprint density at radius 1 is 0.966 bits per heavy atom. The van der Waals surface area contributed by atoms with Crippen LogP contribution in [0.2, 0.25) is 0 Å². The van der Waals surface area contributed by atoms with Crippen LogP contribution in [0.15, 0.2) is 53.4 Å². The van der Waals surface area contributed by atoms with Gasteiger partial charge in [0.05, 0.1) is 22.9 Å². The summed E-state index contributed by atoms with van der Waals surface area (Å²) in [6.45, 7) is 3.04. The fourth-order valence-electron chi connectivity index (χ4n) is 2.83. The number of benzene rings is 2. The van der Waals surface area contributed by atoms with Crippen LogP contribution in [0, 0.1) is 5.82 Å². The lowest BCUT2D eigenvalue weighted by atomic mass is 10.1. The first-order chi connectivity index (χ1) is 13.3. The Morgan fingerprint density at radius 2 is 1.52 bits per heavy atom. The lowest BCUT2D eigenvalue weighted by molar-refractivity contribution is -0.122. The van der Waals surface area contributed by atoms with E-state index in [4.69, 9.17) is 0 Å². The van der Waals surface area contributed by atoms with Gasteiger partial charge in [-0.3, -0.25) is 9.10 Å². The molecule has 0 saturated heterocycles. The van der Waals surface area contributed by atoms with Crippen LogP contribution in [-0.2, 0) is 24.7 Å². The highest BCUT2D eigenvalue weighted by molar-refractivity contribution is 7.92. The van der Waals surface area contributed by atoms with E-state index >= 15 is 0 Å². The molecule has 158 valence electrons. The summed E-state index contributed by atoms with van der Waals surface area (Å²) in [4.78, 5) is 12.8. The number of nitrogens with one attached hydrogen (secondary N) is 1. The largest absolute Gasteiger partial charge is 0.348 e. The van der Waals surface area contributed by atoms with E-state index in [1.807, 2.05) is 0 Å². The number of nitrogens with zero attached hydrogens (tertiary/aromatic N) is 1. The maximum Gasteiger partial charge on any atom is 0.244 e. The van der Waals surface area contributed by atoms with E-state index in [1.165, 1.54) is 37.3 Å². The van der Waals surface area contributed by atoms with Crippen molar-refractivity contribution in [3.63, 3.8) is 0 Å². The molecule has 0 bridgehead atoms. The molecule has 0 spiro atoms. The van der Waals surface area contributed by atoms with E-state index in [-0.39, 0.29) is 10.6 Å². The number of sulfone groups is 1. The molecule has 0 aliphatic carbocycles. The monoisotopic (exact) mass is 442 g/mol. The number of carbonyl (C=O) groups is 1. The fourth-order valence-corrected chi connectivity index (χ4v) is 4.64. The number of carbonyl (C=O) groups excluding carboxylic acids is 1. The van der Waals surface area contributed by atoms with Gasteiger partial charge in [0, 0.05) is 6.26 Å². The summed E-state index contributed by atoms with van der Waals surface area (Å²) < 4.78 is 62.5. The first kappa shape index (κ1) is 22.8. The van der Waals surface area contributed by atoms with Gasteiger partial charge in [0.25, 0.3) is 0 Å². The molecule has 7 nitrogen and oxygen atoms in total. The van der Waals surface area contributed by atoms with Gasteiger partial charge in [0.15, 0.2) is 9.84 Å². The summed E-state index contributed by atoms with van der Waals surface area (Å²) in [6, 6.07) is 9.56. The molecule has 2 aromatic rings. The van der Waals surface area contributed by atoms with Gasteiger partial charge in [-0.25, -0.2) is 21.2 Å². The molecule has 2 atom stereocenters. The number of amides is 1. The number of anilines is 1. The van der Waals surface area contributed by atoms with Gasteiger partial charge in [0.1, 0.15) is 11.9 Å². The molecule has 0 saturated carbocycles. The molecule has 1 amide bonds. The van der Waals surface area contributed by atoms with Crippen LogP contribution in [0.3, 0.4) is 0 Å². The van der Waals surface area contributed by atoms with Crippen molar-refractivity contribution >= 4 is 31.5 Å².